The topological polar surface area (TPSA) is 60.0 Å². The van der Waals surface area contributed by atoms with Crippen LogP contribution in [0.5, 0.6) is 0 Å². The summed E-state index contributed by atoms with van der Waals surface area (Å²) in [5.74, 6) is 0. The predicted molar refractivity (Wildman–Crippen MR) is 83.0 cm³/mol. The molecule has 1 aromatic carbocycles. The second-order valence-electron chi connectivity index (χ2n) is 6.60. The van der Waals surface area contributed by atoms with Gasteiger partial charge in [0.1, 0.15) is 12.7 Å². The van der Waals surface area contributed by atoms with E-state index in [1.54, 1.807) is 17.3 Å². The number of nitrogens with two attached hydrogens (primary N) is 1. The Morgan fingerprint density at radius 1 is 1.29 bits per heavy atom. The zero-order valence-electron chi connectivity index (χ0n) is 12.7. The molecule has 0 radical (unpaired) electrons. The molecule has 2 N–H and O–H groups in total. The first-order valence-electron chi connectivity index (χ1n) is 7.46. The van der Waals surface area contributed by atoms with E-state index in [1.165, 1.54) is 5.56 Å². The van der Waals surface area contributed by atoms with Crippen molar-refractivity contribution in [2.24, 2.45) is 11.1 Å². The number of likely N-dealkylation sites (tertiary alicyclic amines) is 1. The van der Waals surface area contributed by atoms with Crippen LogP contribution < -0.4 is 5.73 Å². The molecule has 1 fully saturated rings. The lowest BCUT2D eigenvalue weighted by molar-refractivity contribution is 0.0899. The zero-order valence-corrected chi connectivity index (χ0v) is 12.7. The van der Waals surface area contributed by atoms with Gasteiger partial charge in [0.2, 0.25) is 0 Å². The lowest BCUT2D eigenvalue weighted by atomic mass is 9.79. The van der Waals surface area contributed by atoms with E-state index in [2.05, 4.69) is 53.1 Å². The highest BCUT2D eigenvalue weighted by Crippen LogP contribution is 2.28. The van der Waals surface area contributed by atoms with Gasteiger partial charge in [0.05, 0.1) is 5.69 Å². The third kappa shape index (κ3) is 3.14. The maximum atomic E-state index is 6.20. The number of nitrogens with zero attached hydrogens (tertiary/aromatic N) is 4. The van der Waals surface area contributed by atoms with Crippen LogP contribution in [0.15, 0.2) is 36.9 Å². The van der Waals surface area contributed by atoms with Crippen molar-refractivity contribution in [1.82, 2.24) is 19.7 Å². The number of hydrogen-bond donors (Lipinski definition) is 1. The van der Waals surface area contributed by atoms with E-state index in [-0.39, 0.29) is 5.41 Å². The van der Waals surface area contributed by atoms with Crippen molar-refractivity contribution in [1.29, 1.82) is 0 Å². The molecule has 1 saturated heterocycles. The van der Waals surface area contributed by atoms with Crippen molar-refractivity contribution in [2.45, 2.75) is 32.9 Å². The van der Waals surface area contributed by atoms with Gasteiger partial charge in [0.15, 0.2) is 0 Å². The molecule has 1 aliphatic rings. The van der Waals surface area contributed by atoms with Gasteiger partial charge in [-0.15, -0.1) is 0 Å². The predicted octanol–water partition coefficient (Wildman–Crippen LogP) is 1.83. The van der Waals surface area contributed by atoms with Gasteiger partial charge in [-0.2, -0.15) is 5.10 Å². The summed E-state index contributed by atoms with van der Waals surface area (Å²) >= 11 is 0. The summed E-state index contributed by atoms with van der Waals surface area (Å²) in [6.07, 6.45) is 4.33. The van der Waals surface area contributed by atoms with E-state index < -0.39 is 0 Å². The molecule has 21 heavy (non-hydrogen) atoms. The summed E-state index contributed by atoms with van der Waals surface area (Å²) < 4.78 is 1.77. The molecule has 2 heterocycles. The second-order valence-corrected chi connectivity index (χ2v) is 6.60. The fraction of sp³-hybridized carbons (Fsp3) is 0.500. The maximum absolute atomic E-state index is 6.20. The summed E-state index contributed by atoms with van der Waals surface area (Å²) in [6.45, 7) is 7.64. The molecule has 0 amide bonds. The molecule has 1 aromatic heterocycles. The lowest BCUT2D eigenvalue weighted by Crippen LogP contribution is -2.52. The van der Waals surface area contributed by atoms with Crippen molar-refractivity contribution < 1.29 is 0 Å². The summed E-state index contributed by atoms with van der Waals surface area (Å²) in [4.78, 5) is 6.46. The minimum Gasteiger partial charge on any atom is -0.327 e. The minimum atomic E-state index is 0.193. The lowest BCUT2D eigenvalue weighted by Gasteiger charge is -2.42. The van der Waals surface area contributed by atoms with Crippen LogP contribution in [0.1, 0.15) is 25.8 Å². The minimum absolute atomic E-state index is 0.193. The van der Waals surface area contributed by atoms with Gasteiger partial charge in [-0.3, -0.25) is 4.90 Å². The Bertz CT molecular complexity index is 573. The summed E-state index contributed by atoms with van der Waals surface area (Å²) in [7, 11) is 0. The zero-order chi connectivity index (χ0) is 14.9. The largest absolute Gasteiger partial charge is 0.327 e. The van der Waals surface area contributed by atoms with E-state index in [9.17, 15) is 0 Å². The van der Waals surface area contributed by atoms with Crippen LogP contribution in [-0.4, -0.2) is 38.8 Å². The van der Waals surface area contributed by atoms with E-state index in [0.29, 0.717) is 6.04 Å². The molecule has 5 heteroatoms. The van der Waals surface area contributed by atoms with Crippen LogP contribution >= 0.6 is 0 Å². The molecular weight excluding hydrogens is 262 g/mol. The number of aromatic nitrogens is 3. The molecule has 1 aliphatic heterocycles. The summed E-state index contributed by atoms with van der Waals surface area (Å²) in [5, 5.41) is 4.14. The molecule has 112 valence electrons. The first kappa shape index (κ1) is 14.2. The summed E-state index contributed by atoms with van der Waals surface area (Å²) in [6, 6.07) is 8.82. The molecule has 0 aliphatic carbocycles. The molecule has 2 aromatic rings. The highest BCUT2D eigenvalue weighted by atomic mass is 15.3. The van der Waals surface area contributed by atoms with Crippen molar-refractivity contribution in [3.8, 4) is 5.69 Å². The molecule has 0 spiro atoms. The summed E-state index contributed by atoms with van der Waals surface area (Å²) in [5.41, 5.74) is 8.76. The SMILES string of the molecule is CC1(C)CN(Cc2ccc(-n3cncn3)cc2)CCC1N. The molecule has 1 atom stereocenters. The van der Waals surface area contributed by atoms with Crippen molar-refractivity contribution in [3.63, 3.8) is 0 Å². The van der Waals surface area contributed by atoms with Gasteiger partial charge in [-0.25, -0.2) is 9.67 Å². The fourth-order valence-electron chi connectivity index (χ4n) is 2.97. The molecule has 5 nitrogen and oxygen atoms in total. The normalized spacial score (nSPS) is 22.3. The highest BCUT2D eigenvalue weighted by molar-refractivity contribution is 5.33. The monoisotopic (exact) mass is 285 g/mol. The van der Waals surface area contributed by atoms with Gasteiger partial charge in [-0.05, 0) is 29.5 Å². The van der Waals surface area contributed by atoms with Gasteiger partial charge in [0, 0.05) is 25.7 Å². The molecule has 0 saturated carbocycles. The number of hydrogen-bond acceptors (Lipinski definition) is 4. The second kappa shape index (κ2) is 5.58. The average molecular weight is 285 g/mol. The Hall–Kier alpha value is -1.72. The molecule has 0 bridgehead atoms. The van der Waals surface area contributed by atoms with E-state index in [4.69, 9.17) is 5.73 Å². The molecule has 1 unspecified atom stereocenters. The maximum Gasteiger partial charge on any atom is 0.138 e. The van der Waals surface area contributed by atoms with E-state index in [1.807, 2.05) is 0 Å². The van der Waals surface area contributed by atoms with Crippen molar-refractivity contribution >= 4 is 0 Å². The van der Waals surface area contributed by atoms with Crippen LogP contribution in [0.3, 0.4) is 0 Å². The quantitative estimate of drug-likeness (QED) is 0.934. The van der Waals surface area contributed by atoms with Crippen LogP contribution in [0.4, 0.5) is 0 Å². The van der Waals surface area contributed by atoms with Crippen LogP contribution in [0, 0.1) is 5.41 Å². The first-order chi connectivity index (χ1) is 10.0. The first-order valence-corrected chi connectivity index (χ1v) is 7.46. The third-order valence-corrected chi connectivity index (χ3v) is 4.42. The van der Waals surface area contributed by atoms with E-state index >= 15 is 0 Å². The number of piperidine rings is 1. The Morgan fingerprint density at radius 3 is 2.67 bits per heavy atom. The van der Waals surface area contributed by atoms with Crippen LogP contribution in [0.25, 0.3) is 5.69 Å². The standard InChI is InChI=1S/C16H23N5/c1-16(2)10-20(8-7-15(16)17)9-13-3-5-14(6-4-13)21-12-18-11-19-21/h3-6,11-12,15H,7-10,17H2,1-2H3. The Balaban J connectivity index is 1.66. The fourth-order valence-corrected chi connectivity index (χ4v) is 2.97. The van der Waals surface area contributed by atoms with Crippen LogP contribution in [0.2, 0.25) is 0 Å². The molecular formula is C16H23N5. The average Bonchev–Trinajstić information content (AvgIpc) is 2.98. The van der Waals surface area contributed by atoms with E-state index in [0.717, 1.165) is 31.7 Å². The van der Waals surface area contributed by atoms with Crippen molar-refractivity contribution in [2.75, 3.05) is 13.1 Å². The van der Waals surface area contributed by atoms with Gasteiger partial charge in [0.25, 0.3) is 0 Å². The van der Waals surface area contributed by atoms with Crippen LogP contribution in [-0.2, 0) is 6.54 Å². The van der Waals surface area contributed by atoms with Crippen molar-refractivity contribution in [3.05, 3.63) is 42.5 Å². The smallest absolute Gasteiger partial charge is 0.138 e. The van der Waals surface area contributed by atoms with Gasteiger partial charge in [-0.1, -0.05) is 26.0 Å². The highest BCUT2D eigenvalue weighted by Gasteiger charge is 2.33. The Kier molecular flexibility index (Phi) is 3.78. The Morgan fingerprint density at radius 2 is 2.05 bits per heavy atom. The molecule has 3 rings (SSSR count). The van der Waals surface area contributed by atoms with Gasteiger partial charge >= 0.3 is 0 Å². The van der Waals surface area contributed by atoms with Gasteiger partial charge < -0.3 is 5.73 Å². The number of rotatable bonds is 3. The Labute approximate surface area is 125 Å². The number of benzene rings is 1. The third-order valence-electron chi connectivity index (χ3n) is 4.42.